The van der Waals surface area contributed by atoms with Gasteiger partial charge in [0.15, 0.2) is 0 Å². The molecule has 1 N–H and O–H groups in total. The number of allylic oxidation sites excluding steroid dienone is 6. The van der Waals surface area contributed by atoms with Gasteiger partial charge in [-0.25, -0.2) is 0 Å². The van der Waals surface area contributed by atoms with Crippen LogP contribution in [0.2, 0.25) is 0 Å². The van der Waals surface area contributed by atoms with E-state index in [0.29, 0.717) is 5.92 Å². The van der Waals surface area contributed by atoms with Gasteiger partial charge in [0.1, 0.15) is 0 Å². The van der Waals surface area contributed by atoms with Gasteiger partial charge in [0.25, 0.3) is 0 Å². The van der Waals surface area contributed by atoms with Crippen LogP contribution < -0.4 is 5.32 Å². The molecule has 8 rings (SSSR count). The molecule has 2 aliphatic heterocycles. The van der Waals surface area contributed by atoms with Crippen molar-refractivity contribution in [2.24, 2.45) is 0 Å². The number of fused-ring (bicyclic) bond motifs is 8. The van der Waals surface area contributed by atoms with E-state index in [1.54, 1.807) is 11.1 Å². The molecule has 3 aromatic rings. The molecule has 3 heterocycles. The van der Waals surface area contributed by atoms with Crippen molar-refractivity contribution in [2.75, 3.05) is 0 Å². The fourth-order valence-electron chi connectivity index (χ4n) is 6.01. The summed E-state index contributed by atoms with van der Waals surface area (Å²) in [5.41, 5.74) is 15.2. The second-order valence-corrected chi connectivity index (χ2v) is 10.7. The highest BCUT2D eigenvalue weighted by molar-refractivity contribution is 5.78. The van der Waals surface area contributed by atoms with E-state index in [0.717, 1.165) is 37.1 Å². The van der Waals surface area contributed by atoms with E-state index in [1.165, 1.54) is 58.3 Å². The SMILES string of the molecule is C1=CC2=CC=C(CC2)N1.Cc1ccc2c(c1)-c1ccc3c(c1CC2CCc1ccc(C)nn1)CCC=C3. The highest BCUT2D eigenvalue weighted by Gasteiger charge is 2.27. The lowest BCUT2D eigenvalue weighted by Crippen LogP contribution is -2.16. The standard InChI is InChI=1S/C26H26N2.C8H9N/c1-17-7-13-23-20(9-12-21-11-8-18(2)27-28-21)16-26-22-6-4-3-5-19(22)10-14-24(26)25(23)15-17;1-3-8-4-2-7(1)5-6-9-8/h3,5,7-8,10-11,13-15,20H,4,6,9,12,16H2,1-2H3;1,3,5-6,9H,2,4H2. The summed E-state index contributed by atoms with van der Waals surface area (Å²) >= 11 is 0. The number of hydrogen-bond acceptors (Lipinski definition) is 3. The number of aryl methyl sites for hydroxylation is 3. The summed E-state index contributed by atoms with van der Waals surface area (Å²) in [5.74, 6) is 0.545. The second kappa shape index (κ2) is 10.3. The Kier molecular flexibility index (Phi) is 6.61. The minimum absolute atomic E-state index is 0.545. The van der Waals surface area contributed by atoms with Crippen LogP contribution in [0, 0.1) is 13.8 Å². The fraction of sp³-hybridized carbons (Fsp3) is 0.294. The van der Waals surface area contributed by atoms with Gasteiger partial charge in [0.2, 0.25) is 0 Å². The molecule has 1 unspecified atom stereocenters. The van der Waals surface area contributed by atoms with Gasteiger partial charge in [-0.15, -0.1) is 0 Å². The Bertz CT molecular complexity index is 1440. The van der Waals surface area contributed by atoms with Crippen molar-refractivity contribution < 1.29 is 0 Å². The maximum absolute atomic E-state index is 4.39. The average Bonchev–Trinajstić information content (AvgIpc) is 3.31. The monoisotopic (exact) mass is 485 g/mol. The Balaban J connectivity index is 0.000000235. The molecule has 3 heteroatoms. The molecule has 3 nitrogen and oxygen atoms in total. The summed E-state index contributed by atoms with van der Waals surface area (Å²) in [6.07, 6.45) is 21.0. The number of hydrogen-bond donors (Lipinski definition) is 1. The van der Waals surface area contributed by atoms with E-state index in [9.17, 15) is 0 Å². The molecule has 3 aliphatic carbocycles. The molecule has 0 saturated carbocycles. The average molecular weight is 486 g/mol. The maximum Gasteiger partial charge on any atom is 0.0631 e. The Labute approximate surface area is 220 Å². The van der Waals surface area contributed by atoms with Crippen molar-refractivity contribution >= 4 is 6.08 Å². The van der Waals surface area contributed by atoms with Crippen molar-refractivity contribution in [1.29, 1.82) is 0 Å². The zero-order valence-corrected chi connectivity index (χ0v) is 21.9. The molecule has 1 aromatic heterocycles. The first-order chi connectivity index (χ1) is 18.1. The predicted octanol–water partition coefficient (Wildman–Crippen LogP) is 7.70. The molecule has 0 amide bonds. The van der Waals surface area contributed by atoms with E-state index in [1.807, 2.05) is 13.1 Å². The summed E-state index contributed by atoms with van der Waals surface area (Å²) in [5, 5.41) is 11.8. The minimum Gasteiger partial charge on any atom is -0.365 e. The van der Waals surface area contributed by atoms with Gasteiger partial charge >= 0.3 is 0 Å². The van der Waals surface area contributed by atoms with E-state index in [-0.39, 0.29) is 0 Å². The van der Waals surface area contributed by atoms with Crippen LogP contribution in [0.4, 0.5) is 0 Å². The third-order valence-electron chi connectivity index (χ3n) is 8.06. The third kappa shape index (κ3) is 5.09. The summed E-state index contributed by atoms with van der Waals surface area (Å²) in [7, 11) is 0. The number of benzene rings is 2. The normalized spacial score (nSPS) is 18.3. The molecular formula is C34H35N3. The predicted molar refractivity (Wildman–Crippen MR) is 153 cm³/mol. The van der Waals surface area contributed by atoms with Gasteiger partial charge in [-0.1, -0.05) is 54.1 Å². The van der Waals surface area contributed by atoms with Crippen molar-refractivity contribution in [2.45, 2.75) is 64.7 Å². The van der Waals surface area contributed by atoms with Gasteiger partial charge in [-0.05, 0) is 128 Å². The first-order valence-electron chi connectivity index (χ1n) is 13.7. The molecule has 2 bridgehead atoms. The largest absolute Gasteiger partial charge is 0.365 e. The number of rotatable bonds is 3. The lowest BCUT2D eigenvalue weighted by molar-refractivity contribution is 0.603. The number of aromatic nitrogens is 2. The number of nitrogens with one attached hydrogen (secondary N) is 1. The quantitative estimate of drug-likeness (QED) is 0.413. The molecule has 0 fully saturated rings. The zero-order chi connectivity index (χ0) is 25.2. The number of nitrogens with zero attached hydrogens (tertiary/aromatic N) is 2. The summed E-state index contributed by atoms with van der Waals surface area (Å²) in [6, 6.07) is 15.9. The highest BCUT2D eigenvalue weighted by atomic mass is 15.1. The van der Waals surface area contributed by atoms with Crippen LogP contribution in [-0.4, -0.2) is 10.2 Å². The van der Waals surface area contributed by atoms with Crippen LogP contribution in [0.3, 0.4) is 0 Å². The fourth-order valence-corrected chi connectivity index (χ4v) is 6.01. The topological polar surface area (TPSA) is 37.8 Å². The van der Waals surface area contributed by atoms with Crippen molar-refractivity contribution in [1.82, 2.24) is 15.5 Å². The summed E-state index contributed by atoms with van der Waals surface area (Å²) < 4.78 is 0. The van der Waals surface area contributed by atoms with Gasteiger partial charge in [-0.2, -0.15) is 10.2 Å². The molecule has 0 saturated heterocycles. The lowest BCUT2D eigenvalue weighted by atomic mass is 9.73. The molecule has 37 heavy (non-hydrogen) atoms. The maximum atomic E-state index is 4.39. The third-order valence-corrected chi connectivity index (χ3v) is 8.06. The van der Waals surface area contributed by atoms with Crippen LogP contribution in [0.25, 0.3) is 17.2 Å². The van der Waals surface area contributed by atoms with E-state index >= 15 is 0 Å². The van der Waals surface area contributed by atoms with Gasteiger partial charge in [0, 0.05) is 11.9 Å². The van der Waals surface area contributed by atoms with E-state index < -0.39 is 0 Å². The second-order valence-electron chi connectivity index (χ2n) is 10.7. The van der Waals surface area contributed by atoms with Gasteiger partial charge < -0.3 is 5.32 Å². The van der Waals surface area contributed by atoms with Crippen LogP contribution >= 0.6 is 0 Å². The molecular weight excluding hydrogens is 450 g/mol. The Morgan fingerprint density at radius 2 is 1.81 bits per heavy atom. The molecule has 1 atom stereocenters. The molecule has 5 aliphatic rings. The smallest absolute Gasteiger partial charge is 0.0631 e. The Hall–Kier alpha value is -3.72. The van der Waals surface area contributed by atoms with Crippen molar-refractivity contribution in [3.8, 4) is 11.1 Å². The van der Waals surface area contributed by atoms with Crippen LogP contribution in [0.1, 0.15) is 70.8 Å². The van der Waals surface area contributed by atoms with E-state index in [2.05, 4.69) is 95.3 Å². The Morgan fingerprint density at radius 3 is 2.65 bits per heavy atom. The first-order valence-corrected chi connectivity index (χ1v) is 13.7. The molecule has 0 radical (unpaired) electrons. The van der Waals surface area contributed by atoms with Gasteiger partial charge in [0.05, 0.1) is 11.4 Å². The van der Waals surface area contributed by atoms with Crippen molar-refractivity contribution in [3.05, 3.63) is 123 Å². The minimum atomic E-state index is 0.545. The van der Waals surface area contributed by atoms with Gasteiger partial charge in [-0.3, -0.25) is 0 Å². The zero-order valence-electron chi connectivity index (χ0n) is 21.9. The van der Waals surface area contributed by atoms with E-state index in [4.69, 9.17) is 0 Å². The molecule has 186 valence electrons. The van der Waals surface area contributed by atoms with Crippen LogP contribution in [0.5, 0.6) is 0 Å². The molecule has 0 spiro atoms. The summed E-state index contributed by atoms with van der Waals surface area (Å²) in [4.78, 5) is 0. The summed E-state index contributed by atoms with van der Waals surface area (Å²) in [6.45, 7) is 4.19. The highest BCUT2D eigenvalue weighted by Crippen LogP contribution is 2.44. The molecule has 2 aromatic carbocycles. The van der Waals surface area contributed by atoms with Crippen molar-refractivity contribution in [3.63, 3.8) is 0 Å². The van der Waals surface area contributed by atoms with Crippen LogP contribution in [-0.2, 0) is 19.3 Å². The van der Waals surface area contributed by atoms with Crippen LogP contribution in [0.15, 0.2) is 84.2 Å². The lowest BCUT2D eigenvalue weighted by Gasteiger charge is -2.31. The first kappa shape index (κ1) is 23.7. The Morgan fingerprint density at radius 1 is 0.865 bits per heavy atom.